The number of carboxylic acid groups (broad SMARTS) is 1. The second-order valence-corrected chi connectivity index (χ2v) is 6.92. The number of aromatic nitrogens is 2. The van der Waals surface area contributed by atoms with Crippen LogP contribution < -0.4 is 9.64 Å². The first kappa shape index (κ1) is 17.1. The standard InChI is InChI=1S/C15H24N4O4/c1-9(2)19-13-10(7-16-19)17(6)12(20)11(8-23-13)18(14(21)22)15(3,4)5/h7,9,11H,8H2,1-6H3,(H,21,22)/t11-/m0/s1. The average molecular weight is 324 g/mol. The molecule has 2 heterocycles. The Morgan fingerprint density at radius 2 is 2.09 bits per heavy atom. The minimum Gasteiger partial charge on any atom is -0.474 e. The SMILES string of the molecule is CC(C)n1ncc2c1OC[C@H](N(C(=O)O)C(C)(C)C)C(=O)N2C. The van der Waals surface area contributed by atoms with Crippen LogP contribution in [0.25, 0.3) is 0 Å². The molecule has 1 aromatic rings. The molecule has 23 heavy (non-hydrogen) atoms. The van der Waals surface area contributed by atoms with Gasteiger partial charge in [-0.05, 0) is 34.6 Å². The fraction of sp³-hybridized carbons (Fsp3) is 0.667. The van der Waals surface area contributed by atoms with Crippen LogP contribution in [0.1, 0.15) is 40.7 Å². The van der Waals surface area contributed by atoms with Gasteiger partial charge in [-0.3, -0.25) is 9.69 Å². The van der Waals surface area contributed by atoms with E-state index in [4.69, 9.17) is 4.74 Å². The van der Waals surface area contributed by atoms with E-state index in [2.05, 4.69) is 5.10 Å². The Bertz CT molecular complexity index is 617. The monoisotopic (exact) mass is 324 g/mol. The van der Waals surface area contributed by atoms with Crippen molar-refractivity contribution in [2.45, 2.75) is 52.2 Å². The van der Waals surface area contributed by atoms with Crippen molar-refractivity contribution in [3.63, 3.8) is 0 Å². The number of hydrogen-bond acceptors (Lipinski definition) is 4. The van der Waals surface area contributed by atoms with Crippen LogP contribution in [0.4, 0.5) is 10.5 Å². The molecule has 1 atom stereocenters. The zero-order chi connectivity index (χ0) is 17.5. The summed E-state index contributed by atoms with van der Waals surface area (Å²) in [4.78, 5) is 27.0. The lowest BCUT2D eigenvalue weighted by atomic mass is 10.0. The number of fused-ring (bicyclic) bond motifs is 1. The maximum absolute atomic E-state index is 12.8. The van der Waals surface area contributed by atoms with Gasteiger partial charge in [0.1, 0.15) is 18.3 Å². The Balaban J connectivity index is 2.43. The number of anilines is 1. The molecule has 1 aliphatic rings. The molecule has 1 aromatic heterocycles. The molecule has 8 nitrogen and oxygen atoms in total. The minimum atomic E-state index is -1.15. The Labute approximate surface area is 135 Å². The van der Waals surface area contributed by atoms with E-state index in [0.29, 0.717) is 11.6 Å². The molecule has 0 radical (unpaired) electrons. The van der Waals surface area contributed by atoms with Crippen LogP contribution in [0.3, 0.4) is 0 Å². The van der Waals surface area contributed by atoms with Crippen molar-refractivity contribution < 1.29 is 19.4 Å². The van der Waals surface area contributed by atoms with Gasteiger partial charge in [-0.15, -0.1) is 0 Å². The number of likely N-dealkylation sites (N-methyl/N-ethyl adjacent to an activating group) is 1. The van der Waals surface area contributed by atoms with Crippen molar-refractivity contribution in [1.82, 2.24) is 14.7 Å². The van der Waals surface area contributed by atoms with Gasteiger partial charge in [0, 0.05) is 12.6 Å². The van der Waals surface area contributed by atoms with Crippen molar-refractivity contribution >= 4 is 17.7 Å². The summed E-state index contributed by atoms with van der Waals surface area (Å²) >= 11 is 0. The van der Waals surface area contributed by atoms with Gasteiger partial charge >= 0.3 is 6.09 Å². The second-order valence-electron chi connectivity index (χ2n) is 6.92. The van der Waals surface area contributed by atoms with E-state index >= 15 is 0 Å². The van der Waals surface area contributed by atoms with Crippen LogP contribution in [0.15, 0.2) is 6.20 Å². The third kappa shape index (κ3) is 2.97. The second kappa shape index (κ2) is 5.75. The first-order valence-electron chi connectivity index (χ1n) is 7.55. The molecular formula is C15H24N4O4. The summed E-state index contributed by atoms with van der Waals surface area (Å²) in [6.07, 6.45) is 0.418. The normalized spacial score (nSPS) is 18.5. The number of amides is 2. The molecular weight excluding hydrogens is 300 g/mol. The van der Waals surface area contributed by atoms with E-state index < -0.39 is 17.7 Å². The first-order valence-corrected chi connectivity index (χ1v) is 7.55. The predicted molar refractivity (Wildman–Crippen MR) is 84.9 cm³/mol. The lowest BCUT2D eigenvalue weighted by Gasteiger charge is -2.38. The molecule has 2 amide bonds. The molecule has 1 aliphatic heterocycles. The average Bonchev–Trinajstić information content (AvgIpc) is 2.79. The van der Waals surface area contributed by atoms with Gasteiger partial charge < -0.3 is 14.7 Å². The lowest BCUT2D eigenvalue weighted by Crippen LogP contribution is -2.58. The number of rotatable bonds is 2. The number of ether oxygens (including phenoxy) is 1. The van der Waals surface area contributed by atoms with Crippen molar-refractivity contribution in [1.29, 1.82) is 0 Å². The van der Waals surface area contributed by atoms with Crippen LogP contribution in [0.2, 0.25) is 0 Å². The summed E-state index contributed by atoms with van der Waals surface area (Å²) in [6, 6.07) is -0.845. The molecule has 0 saturated carbocycles. The minimum absolute atomic E-state index is 0.0435. The molecule has 0 spiro atoms. The number of nitrogens with zero attached hydrogens (tertiary/aromatic N) is 4. The fourth-order valence-electron chi connectivity index (χ4n) is 2.72. The summed E-state index contributed by atoms with van der Waals surface area (Å²) in [7, 11) is 1.61. The molecule has 128 valence electrons. The summed E-state index contributed by atoms with van der Waals surface area (Å²) in [5.41, 5.74) is -0.179. The smallest absolute Gasteiger partial charge is 0.408 e. The number of hydrogen-bond donors (Lipinski definition) is 1. The first-order chi connectivity index (χ1) is 10.6. The summed E-state index contributed by atoms with van der Waals surface area (Å²) < 4.78 is 7.48. The van der Waals surface area contributed by atoms with Gasteiger partial charge in [0.15, 0.2) is 0 Å². The molecule has 0 unspecified atom stereocenters. The summed E-state index contributed by atoms with van der Waals surface area (Å²) in [5, 5.41) is 13.8. The molecule has 2 rings (SSSR count). The highest BCUT2D eigenvalue weighted by molar-refractivity contribution is 5.99. The quantitative estimate of drug-likeness (QED) is 0.898. The molecule has 8 heteroatoms. The van der Waals surface area contributed by atoms with Gasteiger partial charge in [-0.2, -0.15) is 5.10 Å². The molecule has 1 N–H and O–H groups in total. The van der Waals surface area contributed by atoms with Gasteiger partial charge in [-0.1, -0.05) is 0 Å². The summed E-state index contributed by atoms with van der Waals surface area (Å²) in [5.74, 6) is 0.155. The van der Waals surface area contributed by atoms with Crippen LogP contribution in [0.5, 0.6) is 5.88 Å². The highest BCUT2D eigenvalue weighted by Crippen LogP contribution is 2.34. The molecule has 0 bridgehead atoms. The van der Waals surface area contributed by atoms with Crippen molar-refractivity contribution in [3.8, 4) is 5.88 Å². The molecule has 0 fully saturated rings. The number of carbonyl (C=O) groups is 2. The predicted octanol–water partition coefficient (Wildman–Crippen LogP) is 1.97. The van der Waals surface area contributed by atoms with Crippen LogP contribution in [-0.2, 0) is 4.79 Å². The lowest BCUT2D eigenvalue weighted by molar-refractivity contribution is -0.125. The third-order valence-electron chi connectivity index (χ3n) is 3.82. The van der Waals surface area contributed by atoms with Gasteiger partial charge in [-0.25, -0.2) is 9.48 Å². The van der Waals surface area contributed by atoms with Crippen LogP contribution in [-0.4, -0.2) is 57.0 Å². The highest BCUT2D eigenvalue weighted by atomic mass is 16.5. The fourth-order valence-corrected chi connectivity index (χ4v) is 2.72. The Morgan fingerprint density at radius 3 is 2.57 bits per heavy atom. The van der Waals surface area contributed by atoms with Gasteiger partial charge in [0.2, 0.25) is 5.88 Å². The highest BCUT2D eigenvalue weighted by Gasteiger charge is 2.42. The topological polar surface area (TPSA) is 87.9 Å². The largest absolute Gasteiger partial charge is 0.474 e. The van der Waals surface area contributed by atoms with E-state index in [1.54, 1.807) is 38.7 Å². The maximum atomic E-state index is 12.8. The van der Waals surface area contributed by atoms with E-state index in [0.717, 1.165) is 4.90 Å². The van der Waals surface area contributed by atoms with Crippen molar-refractivity contribution in [3.05, 3.63) is 6.20 Å². The Morgan fingerprint density at radius 1 is 1.48 bits per heavy atom. The molecule has 0 aromatic carbocycles. The third-order valence-corrected chi connectivity index (χ3v) is 3.82. The Hall–Kier alpha value is -2.25. The van der Waals surface area contributed by atoms with Gasteiger partial charge in [0.05, 0.1) is 12.2 Å². The maximum Gasteiger partial charge on any atom is 0.408 e. The summed E-state index contributed by atoms with van der Waals surface area (Å²) in [6.45, 7) is 9.13. The van der Waals surface area contributed by atoms with Crippen LogP contribution >= 0.6 is 0 Å². The molecule has 0 saturated heterocycles. The van der Waals surface area contributed by atoms with Gasteiger partial charge in [0.25, 0.3) is 5.91 Å². The van der Waals surface area contributed by atoms with E-state index in [1.165, 1.54) is 4.90 Å². The van der Waals surface area contributed by atoms with Crippen molar-refractivity contribution in [2.24, 2.45) is 0 Å². The Kier molecular flexibility index (Phi) is 4.28. The van der Waals surface area contributed by atoms with Crippen molar-refractivity contribution in [2.75, 3.05) is 18.6 Å². The van der Waals surface area contributed by atoms with Crippen LogP contribution in [0, 0.1) is 0 Å². The zero-order valence-corrected chi connectivity index (χ0v) is 14.4. The number of carbonyl (C=O) groups excluding carboxylic acids is 1. The zero-order valence-electron chi connectivity index (χ0n) is 14.4. The van der Waals surface area contributed by atoms with E-state index in [-0.39, 0.29) is 18.6 Å². The molecule has 0 aliphatic carbocycles. The van der Waals surface area contributed by atoms with E-state index in [1.807, 2.05) is 13.8 Å². The van der Waals surface area contributed by atoms with E-state index in [9.17, 15) is 14.7 Å².